The van der Waals surface area contributed by atoms with Crippen molar-refractivity contribution in [2.24, 2.45) is 16.7 Å². The molecule has 1 aromatic carbocycles. The molecule has 2 bridgehead atoms. The Bertz CT molecular complexity index is 702. The van der Waals surface area contributed by atoms with E-state index in [0.29, 0.717) is 24.7 Å². The van der Waals surface area contributed by atoms with Crippen LogP contribution in [-0.4, -0.2) is 18.2 Å². The smallest absolute Gasteiger partial charge is 0.243 e. The van der Waals surface area contributed by atoms with Crippen molar-refractivity contribution in [1.29, 1.82) is 0 Å². The number of carbonyl (C=O) groups excluding carboxylic acids is 2. The normalized spacial score (nSPS) is 28.0. The Kier molecular flexibility index (Phi) is 4.20. The molecule has 1 aromatic rings. The second-order valence-electron chi connectivity index (χ2n) is 7.51. The number of ketones is 1. The highest BCUT2D eigenvalue weighted by molar-refractivity contribution is 5.94. The summed E-state index contributed by atoms with van der Waals surface area (Å²) < 4.78 is 0. The SMILES string of the molecule is C=CC(=O)NCC(=CC12CCC(CC1=O)C2(C)C)c1ccccc1. The predicted molar refractivity (Wildman–Crippen MR) is 96.2 cm³/mol. The molecule has 2 unspecified atom stereocenters. The molecule has 1 N–H and O–H groups in total. The number of rotatable bonds is 5. The van der Waals surface area contributed by atoms with Gasteiger partial charge >= 0.3 is 0 Å². The molecular formula is C21H25NO2. The second-order valence-corrected chi connectivity index (χ2v) is 7.51. The van der Waals surface area contributed by atoms with Crippen LogP contribution in [0.15, 0.2) is 49.1 Å². The van der Waals surface area contributed by atoms with Gasteiger partial charge < -0.3 is 5.32 Å². The van der Waals surface area contributed by atoms with Gasteiger partial charge in [-0.25, -0.2) is 0 Å². The Hall–Kier alpha value is -2.16. The van der Waals surface area contributed by atoms with Gasteiger partial charge in [0.1, 0.15) is 5.78 Å². The van der Waals surface area contributed by atoms with Gasteiger partial charge in [0.05, 0.1) is 5.41 Å². The molecule has 2 fully saturated rings. The van der Waals surface area contributed by atoms with E-state index in [1.165, 1.54) is 6.08 Å². The van der Waals surface area contributed by atoms with Crippen molar-refractivity contribution in [1.82, 2.24) is 5.32 Å². The standard InChI is InChI=1S/C21H25NO2/c1-4-19(24)22-14-16(15-8-6-5-7-9-15)13-21-11-10-17(12-18(21)23)20(21,2)3/h4-9,13,17H,1,10-12,14H2,2-3H3,(H,22,24). The van der Waals surface area contributed by atoms with E-state index in [-0.39, 0.29) is 11.3 Å². The number of Topliss-reactive ketones (excluding diaryl/α,β-unsaturated/α-hetero) is 1. The molecule has 3 heteroatoms. The zero-order chi connectivity index (χ0) is 17.4. The minimum Gasteiger partial charge on any atom is -0.348 e. The van der Waals surface area contributed by atoms with Gasteiger partial charge in [-0.1, -0.05) is 56.8 Å². The van der Waals surface area contributed by atoms with Crippen LogP contribution in [0.1, 0.15) is 38.7 Å². The quantitative estimate of drug-likeness (QED) is 0.839. The van der Waals surface area contributed by atoms with E-state index in [4.69, 9.17) is 0 Å². The fourth-order valence-electron chi connectivity index (χ4n) is 4.49. The second kappa shape index (κ2) is 6.04. The topological polar surface area (TPSA) is 46.2 Å². The lowest BCUT2D eigenvalue weighted by molar-refractivity contribution is -0.126. The number of allylic oxidation sites excluding steroid dienone is 1. The van der Waals surface area contributed by atoms with E-state index in [1.807, 2.05) is 30.3 Å². The molecule has 2 aliphatic rings. The lowest BCUT2D eigenvalue weighted by atomic mass is 9.67. The molecule has 0 radical (unpaired) electrons. The van der Waals surface area contributed by atoms with Crippen LogP contribution in [0.4, 0.5) is 0 Å². The first-order valence-corrected chi connectivity index (χ1v) is 8.61. The summed E-state index contributed by atoms with van der Waals surface area (Å²) in [4.78, 5) is 24.4. The summed E-state index contributed by atoms with van der Waals surface area (Å²) in [5, 5.41) is 2.87. The monoisotopic (exact) mass is 323 g/mol. The molecule has 0 aliphatic heterocycles. The predicted octanol–water partition coefficient (Wildman–Crippen LogP) is 3.77. The van der Waals surface area contributed by atoms with Crippen molar-refractivity contribution in [3.8, 4) is 0 Å². The Labute approximate surface area is 143 Å². The summed E-state index contributed by atoms with van der Waals surface area (Å²) in [6.07, 6.45) is 6.13. The molecule has 24 heavy (non-hydrogen) atoms. The average molecular weight is 323 g/mol. The zero-order valence-electron chi connectivity index (χ0n) is 14.5. The van der Waals surface area contributed by atoms with Crippen LogP contribution in [0.25, 0.3) is 5.57 Å². The van der Waals surface area contributed by atoms with Crippen molar-refractivity contribution in [2.45, 2.75) is 33.1 Å². The highest BCUT2D eigenvalue weighted by atomic mass is 16.1. The first-order chi connectivity index (χ1) is 11.4. The van der Waals surface area contributed by atoms with Gasteiger partial charge in [-0.15, -0.1) is 0 Å². The van der Waals surface area contributed by atoms with Gasteiger partial charge in [-0.2, -0.15) is 0 Å². The average Bonchev–Trinajstić information content (AvgIpc) is 2.93. The minimum atomic E-state index is -0.401. The molecule has 3 nitrogen and oxygen atoms in total. The molecule has 1 amide bonds. The fourth-order valence-corrected chi connectivity index (χ4v) is 4.49. The summed E-state index contributed by atoms with van der Waals surface area (Å²) in [5.41, 5.74) is 1.64. The van der Waals surface area contributed by atoms with E-state index in [2.05, 4.69) is 31.8 Å². The van der Waals surface area contributed by atoms with Crippen LogP contribution in [0.3, 0.4) is 0 Å². The lowest BCUT2D eigenvalue weighted by Gasteiger charge is -2.35. The van der Waals surface area contributed by atoms with Gasteiger partial charge in [0.2, 0.25) is 5.91 Å². The number of amides is 1. The van der Waals surface area contributed by atoms with Gasteiger partial charge in [-0.3, -0.25) is 9.59 Å². The Morgan fingerprint density at radius 3 is 2.58 bits per heavy atom. The number of carbonyl (C=O) groups is 2. The largest absolute Gasteiger partial charge is 0.348 e. The number of hydrogen-bond donors (Lipinski definition) is 1. The molecule has 126 valence electrons. The summed E-state index contributed by atoms with van der Waals surface area (Å²) >= 11 is 0. The third-order valence-electron chi connectivity index (χ3n) is 6.19. The maximum Gasteiger partial charge on any atom is 0.243 e. The van der Waals surface area contributed by atoms with Gasteiger partial charge in [-0.05, 0) is 41.4 Å². The Balaban J connectivity index is 2.01. The third kappa shape index (κ3) is 2.52. The van der Waals surface area contributed by atoms with Gasteiger partial charge in [0.15, 0.2) is 0 Å². The van der Waals surface area contributed by atoms with Crippen LogP contribution in [-0.2, 0) is 9.59 Å². The summed E-state index contributed by atoms with van der Waals surface area (Å²) in [6.45, 7) is 8.35. The molecular weight excluding hydrogens is 298 g/mol. The first-order valence-electron chi connectivity index (χ1n) is 8.61. The molecule has 0 spiro atoms. The molecule has 0 aromatic heterocycles. The highest BCUT2D eigenvalue weighted by Crippen LogP contribution is 2.65. The lowest BCUT2D eigenvalue weighted by Crippen LogP contribution is -2.35. The van der Waals surface area contributed by atoms with Gasteiger partial charge in [0.25, 0.3) is 0 Å². The summed E-state index contributed by atoms with van der Waals surface area (Å²) in [6, 6.07) is 9.99. The van der Waals surface area contributed by atoms with Crippen LogP contribution < -0.4 is 5.32 Å². The van der Waals surface area contributed by atoms with E-state index in [9.17, 15) is 9.59 Å². The first kappa shape index (κ1) is 16.7. The van der Waals surface area contributed by atoms with E-state index < -0.39 is 5.41 Å². The van der Waals surface area contributed by atoms with Crippen LogP contribution in [0, 0.1) is 16.7 Å². The van der Waals surface area contributed by atoms with E-state index in [1.54, 1.807) is 0 Å². The maximum absolute atomic E-state index is 12.8. The van der Waals surface area contributed by atoms with Crippen molar-refractivity contribution in [2.75, 3.05) is 6.54 Å². The van der Waals surface area contributed by atoms with Crippen LogP contribution >= 0.6 is 0 Å². The number of nitrogens with one attached hydrogen (secondary N) is 1. The molecule has 2 aliphatic carbocycles. The Morgan fingerprint density at radius 2 is 2.04 bits per heavy atom. The maximum atomic E-state index is 12.8. The number of hydrogen-bond acceptors (Lipinski definition) is 2. The van der Waals surface area contributed by atoms with Crippen LogP contribution in [0.5, 0.6) is 0 Å². The van der Waals surface area contributed by atoms with E-state index >= 15 is 0 Å². The van der Waals surface area contributed by atoms with Crippen molar-refractivity contribution in [3.63, 3.8) is 0 Å². The minimum absolute atomic E-state index is 0.0213. The van der Waals surface area contributed by atoms with Crippen molar-refractivity contribution < 1.29 is 9.59 Å². The van der Waals surface area contributed by atoms with E-state index in [0.717, 1.165) is 24.0 Å². The molecule has 3 rings (SSSR count). The molecule has 2 atom stereocenters. The molecule has 0 saturated heterocycles. The number of benzene rings is 1. The zero-order valence-corrected chi connectivity index (χ0v) is 14.5. The molecule has 2 saturated carbocycles. The Morgan fingerprint density at radius 1 is 1.33 bits per heavy atom. The summed E-state index contributed by atoms with van der Waals surface area (Å²) in [5.74, 6) is 0.629. The van der Waals surface area contributed by atoms with Crippen LogP contribution in [0.2, 0.25) is 0 Å². The van der Waals surface area contributed by atoms with Gasteiger partial charge in [0, 0.05) is 13.0 Å². The summed E-state index contributed by atoms with van der Waals surface area (Å²) in [7, 11) is 0. The third-order valence-corrected chi connectivity index (χ3v) is 6.19. The highest BCUT2D eigenvalue weighted by Gasteiger charge is 2.63. The fraction of sp³-hybridized carbons (Fsp3) is 0.429. The van der Waals surface area contributed by atoms with Crippen molar-refractivity contribution >= 4 is 17.3 Å². The number of fused-ring (bicyclic) bond motifs is 2. The molecule has 0 heterocycles. The van der Waals surface area contributed by atoms with Crippen molar-refractivity contribution in [3.05, 3.63) is 54.6 Å².